The molecule has 0 bridgehead atoms. The highest BCUT2D eigenvalue weighted by molar-refractivity contribution is 7.91. The summed E-state index contributed by atoms with van der Waals surface area (Å²) < 4.78 is 22.1. The van der Waals surface area contributed by atoms with E-state index in [0.29, 0.717) is 19.6 Å². The third-order valence-corrected chi connectivity index (χ3v) is 3.54. The molecule has 1 amide bonds. The summed E-state index contributed by atoms with van der Waals surface area (Å²) in [5.41, 5.74) is 5.49. The number of sulfone groups is 1. The van der Waals surface area contributed by atoms with Gasteiger partial charge in [-0.3, -0.25) is 4.79 Å². The number of amides is 1. The van der Waals surface area contributed by atoms with Gasteiger partial charge in [-0.05, 0) is 13.0 Å². The van der Waals surface area contributed by atoms with E-state index in [1.807, 2.05) is 0 Å². The highest BCUT2D eigenvalue weighted by atomic mass is 32.2. The minimum absolute atomic E-state index is 0.290. The van der Waals surface area contributed by atoms with Gasteiger partial charge in [0.2, 0.25) is 5.91 Å². The van der Waals surface area contributed by atoms with E-state index in [2.05, 4.69) is 4.90 Å². The van der Waals surface area contributed by atoms with Crippen LogP contribution in [-0.2, 0) is 14.6 Å². The number of carbonyl (C=O) groups is 1. The van der Waals surface area contributed by atoms with E-state index in [1.165, 1.54) is 0 Å². The molecule has 1 fully saturated rings. The molecule has 17 heavy (non-hydrogen) atoms. The Morgan fingerprint density at radius 1 is 1.24 bits per heavy atom. The lowest BCUT2D eigenvalue weighted by Gasteiger charge is -2.21. The van der Waals surface area contributed by atoms with Crippen molar-refractivity contribution >= 4 is 15.7 Å². The zero-order valence-electron chi connectivity index (χ0n) is 10.3. The Bertz CT molecular complexity index is 356. The van der Waals surface area contributed by atoms with E-state index in [1.54, 1.807) is 4.90 Å². The maximum Gasteiger partial charge on any atom is 0.237 e. The molecule has 7 heteroatoms. The van der Waals surface area contributed by atoms with Gasteiger partial charge in [-0.15, -0.1) is 0 Å². The standard InChI is InChI=1S/C10H21N3O3S/c1-17(15,16)9-10(14)13-5-2-4-12(6-3-11)7-8-13/h2-9,11H2,1H3. The summed E-state index contributed by atoms with van der Waals surface area (Å²) in [6.45, 7) is 4.35. The minimum Gasteiger partial charge on any atom is -0.340 e. The molecule has 2 N–H and O–H groups in total. The molecular formula is C10H21N3O3S. The van der Waals surface area contributed by atoms with Crippen LogP contribution in [0.4, 0.5) is 0 Å². The summed E-state index contributed by atoms with van der Waals surface area (Å²) in [4.78, 5) is 15.6. The lowest BCUT2D eigenvalue weighted by molar-refractivity contribution is -0.128. The van der Waals surface area contributed by atoms with Crippen molar-refractivity contribution in [3.8, 4) is 0 Å². The number of hydrogen-bond acceptors (Lipinski definition) is 5. The Kier molecular flexibility index (Phi) is 5.35. The monoisotopic (exact) mass is 263 g/mol. The van der Waals surface area contributed by atoms with Gasteiger partial charge in [-0.2, -0.15) is 0 Å². The van der Waals surface area contributed by atoms with Gasteiger partial charge in [-0.25, -0.2) is 8.42 Å². The Balaban J connectivity index is 2.48. The molecule has 1 heterocycles. The smallest absolute Gasteiger partial charge is 0.237 e. The summed E-state index contributed by atoms with van der Waals surface area (Å²) in [5.74, 6) is -0.675. The third-order valence-electron chi connectivity index (χ3n) is 2.77. The second-order valence-electron chi connectivity index (χ2n) is 4.43. The van der Waals surface area contributed by atoms with E-state index in [-0.39, 0.29) is 11.7 Å². The van der Waals surface area contributed by atoms with Crippen molar-refractivity contribution in [1.82, 2.24) is 9.80 Å². The Morgan fingerprint density at radius 3 is 2.53 bits per heavy atom. The van der Waals surface area contributed by atoms with Crippen molar-refractivity contribution in [2.75, 3.05) is 51.3 Å². The van der Waals surface area contributed by atoms with Crippen molar-refractivity contribution in [3.05, 3.63) is 0 Å². The summed E-state index contributed by atoms with van der Waals surface area (Å²) in [5, 5.41) is 0. The van der Waals surface area contributed by atoms with Crippen molar-refractivity contribution in [3.63, 3.8) is 0 Å². The quantitative estimate of drug-likeness (QED) is 0.669. The van der Waals surface area contributed by atoms with Crippen LogP contribution < -0.4 is 5.73 Å². The molecule has 0 saturated carbocycles. The third kappa shape index (κ3) is 5.47. The molecule has 0 atom stereocenters. The van der Waals surface area contributed by atoms with Gasteiger partial charge in [0.25, 0.3) is 0 Å². The first-order chi connectivity index (χ1) is 7.92. The normalized spacial score (nSPS) is 19.1. The van der Waals surface area contributed by atoms with Crippen LogP contribution in [0.25, 0.3) is 0 Å². The molecule has 0 aromatic carbocycles. The van der Waals surface area contributed by atoms with Gasteiger partial charge in [0.15, 0.2) is 9.84 Å². The summed E-state index contributed by atoms with van der Waals surface area (Å²) in [7, 11) is -3.23. The highest BCUT2D eigenvalue weighted by Crippen LogP contribution is 2.04. The first-order valence-electron chi connectivity index (χ1n) is 5.80. The van der Waals surface area contributed by atoms with E-state index in [0.717, 1.165) is 32.3 Å². The Hall–Kier alpha value is -0.660. The van der Waals surface area contributed by atoms with Crippen LogP contribution in [0.5, 0.6) is 0 Å². The first-order valence-corrected chi connectivity index (χ1v) is 7.86. The fourth-order valence-electron chi connectivity index (χ4n) is 1.94. The maximum absolute atomic E-state index is 11.7. The van der Waals surface area contributed by atoms with Crippen molar-refractivity contribution in [1.29, 1.82) is 0 Å². The van der Waals surface area contributed by atoms with E-state index in [4.69, 9.17) is 5.73 Å². The van der Waals surface area contributed by atoms with Crippen LogP contribution in [-0.4, -0.2) is 75.4 Å². The number of nitrogens with zero attached hydrogens (tertiary/aromatic N) is 2. The lowest BCUT2D eigenvalue weighted by atomic mass is 10.4. The molecule has 6 nitrogen and oxygen atoms in total. The average molecular weight is 263 g/mol. The molecule has 100 valence electrons. The van der Waals surface area contributed by atoms with Crippen LogP contribution in [0.2, 0.25) is 0 Å². The Morgan fingerprint density at radius 2 is 1.94 bits per heavy atom. The molecule has 1 aliphatic rings. The van der Waals surface area contributed by atoms with Gasteiger partial charge in [0.05, 0.1) is 0 Å². The highest BCUT2D eigenvalue weighted by Gasteiger charge is 2.21. The van der Waals surface area contributed by atoms with Crippen LogP contribution >= 0.6 is 0 Å². The molecule has 1 saturated heterocycles. The lowest BCUT2D eigenvalue weighted by Crippen LogP contribution is -2.39. The zero-order valence-corrected chi connectivity index (χ0v) is 11.1. The first kappa shape index (κ1) is 14.4. The van der Waals surface area contributed by atoms with Gasteiger partial charge >= 0.3 is 0 Å². The summed E-state index contributed by atoms with van der Waals surface area (Å²) in [6, 6.07) is 0. The van der Waals surface area contributed by atoms with E-state index >= 15 is 0 Å². The van der Waals surface area contributed by atoms with Crippen LogP contribution in [0.3, 0.4) is 0 Å². The van der Waals surface area contributed by atoms with Gasteiger partial charge in [0, 0.05) is 39.0 Å². The van der Waals surface area contributed by atoms with E-state index in [9.17, 15) is 13.2 Å². The molecule has 0 aromatic heterocycles. The SMILES string of the molecule is CS(=O)(=O)CC(=O)N1CCCN(CCN)CC1. The number of rotatable bonds is 4. The molecule has 0 spiro atoms. The van der Waals surface area contributed by atoms with Crippen LogP contribution in [0.15, 0.2) is 0 Å². The molecular weight excluding hydrogens is 242 g/mol. The van der Waals surface area contributed by atoms with Crippen molar-refractivity contribution in [2.45, 2.75) is 6.42 Å². The largest absolute Gasteiger partial charge is 0.340 e. The van der Waals surface area contributed by atoms with E-state index < -0.39 is 9.84 Å². The summed E-state index contributed by atoms with van der Waals surface area (Å²) >= 11 is 0. The molecule has 1 rings (SSSR count). The number of hydrogen-bond donors (Lipinski definition) is 1. The second kappa shape index (κ2) is 6.32. The fourth-order valence-corrected chi connectivity index (χ4v) is 2.57. The molecule has 0 aromatic rings. The summed E-state index contributed by atoms with van der Waals surface area (Å²) in [6.07, 6.45) is 1.96. The second-order valence-corrected chi connectivity index (χ2v) is 6.57. The predicted octanol–water partition coefficient (Wildman–Crippen LogP) is -1.48. The van der Waals surface area contributed by atoms with Crippen molar-refractivity contribution < 1.29 is 13.2 Å². The molecule has 0 aliphatic carbocycles. The minimum atomic E-state index is -3.23. The van der Waals surface area contributed by atoms with Gasteiger partial charge < -0.3 is 15.5 Å². The Labute approximate surface area is 103 Å². The maximum atomic E-state index is 11.7. The van der Waals surface area contributed by atoms with Crippen molar-refractivity contribution in [2.24, 2.45) is 5.73 Å². The fraction of sp³-hybridized carbons (Fsp3) is 0.900. The van der Waals surface area contributed by atoms with Gasteiger partial charge in [0.1, 0.15) is 5.75 Å². The number of carbonyl (C=O) groups excluding carboxylic acids is 1. The zero-order chi connectivity index (χ0) is 12.9. The number of nitrogens with two attached hydrogens (primary N) is 1. The molecule has 0 unspecified atom stereocenters. The molecule has 1 aliphatic heterocycles. The average Bonchev–Trinajstić information content (AvgIpc) is 2.41. The van der Waals surface area contributed by atoms with Crippen LogP contribution in [0, 0.1) is 0 Å². The van der Waals surface area contributed by atoms with Crippen LogP contribution in [0.1, 0.15) is 6.42 Å². The predicted molar refractivity (Wildman–Crippen MR) is 66.4 cm³/mol. The topological polar surface area (TPSA) is 83.7 Å². The van der Waals surface area contributed by atoms with Gasteiger partial charge in [-0.1, -0.05) is 0 Å². The molecule has 0 radical (unpaired) electrons.